The molecule has 0 aliphatic heterocycles. The van der Waals surface area contributed by atoms with Crippen LogP contribution in [0.5, 0.6) is 0 Å². The molecule has 0 saturated heterocycles. The number of aliphatic carboxylic acids is 1. The minimum absolute atomic E-state index is 0.309. The van der Waals surface area contributed by atoms with Gasteiger partial charge in [-0.15, -0.1) is 0 Å². The molecular formula is C17H33IO2Te. The van der Waals surface area contributed by atoms with Crippen molar-refractivity contribution in [2.24, 2.45) is 0 Å². The van der Waals surface area contributed by atoms with Crippen molar-refractivity contribution < 1.29 is 9.90 Å². The van der Waals surface area contributed by atoms with Crippen molar-refractivity contribution >= 4 is 49.5 Å². The van der Waals surface area contributed by atoms with Gasteiger partial charge < -0.3 is 0 Å². The third kappa shape index (κ3) is 21.0. The second-order valence-electron chi connectivity index (χ2n) is 5.69. The van der Waals surface area contributed by atoms with Crippen molar-refractivity contribution in [3.05, 3.63) is 0 Å². The summed E-state index contributed by atoms with van der Waals surface area (Å²) in [4.78, 5) is 10.4. The van der Waals surface area contributed by atoms with Gasteiger partial charge in [-0.3, -0.25) is 0 Å². The van der Waals surface area contributed by atoms with Crippen molar-refractivity contribution in [2.45, 2.75) is 92.4 Å². The summed E-state index contributed by atoms with van der Waals surface area (Å²) in [6, 6.07) is 0. The Balaban J connectivity index is 2.95. The third-order valence-corrected chi connectivity index (χ3v) is 7.66. The first-order valence-electron chi connectivity index (χ1n) is 8.63. The summed E-state index contributed by atoms with van der Waals surface area (Å²) in [7, 11) is 0. The van der Waals surface area contributed by atoms with E-state index >= 15 is 0 Å². The van der Waals surface area contributed by atoms with Crippen LogP contribution in [0.2, 0.25) is 8.94 Å². The zero-order valence-electron chi connectivity index (χ0n) is 13.5. The molecule has 0 amide bonds. The van der Waals surface area contributed by atoms with E-state index in [1.54, 1.807) is 4.47 Å². The number of carboxylic acids is 1. The van der Waals surface area contributed by atoms with Crippen LogP contribution < -0.4 is 0 Å². The molecule has 0 aromatic rings. The molecule has 21 heavy (non-hydrogen) atoms. The van der Waals surface area contributed by atoms with Crippen LogP contribution in [0, 0.1) is 0 Å². The predicted octanol–water partition coefficient (Wildman–Crippen LogP) is 6.12. The van der Waals surface area contributed by atoms with Crippen LogP contribution in [0.4, 0.5) is 0 Å². The topological polar surface area (TPSA) is 37.3 Å². The summed E-state index contributed by atoms with van der Waals surface area (Å²) >= 11 is 2.78. The van der Waals surface area contributed by atoms with Gasteiger partial charge in [-0.2, -0.15) is 0 Å². The molecule has 0 atom stereocenters. The number of rotatable bonds is 17. The number of halogens is 1. The van der Waals surface area contributed by atoms with Crippen LogP contribution in [0.25, 0.3) is 0 Å². The maximum atomic E-state index is 10.4. The van der Waals surface area contributed by atoms with E-state index in [2.05, 4.69) is 22.6 Å². The van der Waals surface area contributed by atoms with Gasteiger partial charge in [0.15, 0.2) is 0 Å². The Labute approximate surface area is 155 Å². The Hall–Kier alpha value is 0.990. The zero-order valence-corrected chi connectivity index (χ0v) is 17.9. The monoisotopic (exact) mass is 530 g/mol. The van der Waals surface area contributed by atoms with Gasteiger partial charge in [-0.1, -0.05) is 0 Å². The van der Waals surface area contributed by atoms with Crippen LogP contribution in [0.15, 0.2) is 0 Å². The molecule has 0 radical (unpaired) electrons. The molecule has 126 valence electrons. The quantitative estimate of drug-likeness (QED) is 0.107. The first-order valence-corrected chi connectivity index (χ1v) is 13.4. The first-order chi connectivity index (χ1) is 10.3. The zero-order chi connectivity index (χ0) is 15.6. The average molecular weight is 528 g/mol. The molecule has 0 unspecified atom stereocenters. The summed E-state index contributed by atoms with van der Waals surface area (Å²) in [6.45, 7) is 0. The van der Waals surface area contributed by atoms with E-state index in [1.165, 1.54) is 73.1 Å². The summed E-state index contributed by atoms with van der Waals surface area (Å²) in [5, 5.41) is 8.53. The number of unbranched alkanes of at least 4 members (excludes halogenated alkanes) is 10. The Morgan fingerprint density at radius 2 is 1.14 bits per heavy atom. The molecule has 0 saturated carbocycles. The van der Waals surface area contributed by atoms with E-state index in [-0.39, 0.29) is 0 Å². The first kappa shape index (κ1) is 22.0. The Kier molecular flexibility index (Phi) is 19.9. The normalized spacial score (nSPS) is 10.9. The van der Waals surface area contributed by atoms with E-state index in [0.29, 0.717) is 27.3 Å². The second-order valence-corrected chi connectivity index (χ2v) is 10.3. The van der Waals surface area contributed by atoms with Gasteiger partial charge in [-0.25, -0.2) is 0 Å². The van der Waals surface area contributed by atoms with Crippen molar-refractivity contribution in [3.63, 3.8) is 0 Å². The Bertz CT molecular complexity index is 225. The second kappa shape index (κ2) is 19.0. The number of carboxylic acid groups (broad SMARTS) is 1. The molecule has 2 nitrogen and oxygen atoms in total. The van der Waals surface area contributed by atoms with Crippen LogP contribution in [0.3, 0.4) is 0 Å². The van der Waals surface area contributed by atoms with E-state index in [0.717, 1.165) is 12.8 Å². The van der Waals surface area contributed by atoms with Crippen molar-refractivity contribution in [1.29, 1.82) is 0 Å². The maximum absolute atomic E-state index is 10.4. The molecule has 0 aliphatic carbocycles. The van der Waals surface area contributed by atoms with Crippen molar-refractivity contribution in [2.75, 3.05) is 4.43 Å². The molecule has 0 aromatic heterocycles. The molecule has 0 aliphatic rings. The van der Waals surface area contributed by atoms with Gasteiger partial charge in [-0.05, 0) is 0 Å². The van der Waals surface area contributed by atoms with Crippen molar-refractivity contribution in [3.8, 4) is 0 Å². The van der Waals surface area contributed by atoms with Gasteiger partial charge in [0.25, 0.3) is 0 Å². The molecular weight excluding hydrogens is 495 g/mol. The van der Waals surface area contributed by atoms with Crippen LogP contribution in [-0.2, 0) is 4.79 Å². The molecule has 4 heteroatoms. The molecule has 0 fully saturated rings. The molecule has 1 N–H and O–H groups in total. The van der Waals surface area contributed by atoms with Crippen LogP contribution >= 0.6 is 22.6 Å². The Morgan fingerprint density at radius 1 is 0.714 bits per heavy atom. The standard InChI is InChI=1S/C17H33IO2Te/c18-14-10-6-2-4-8-12-16-21-15-11-7-3-1-5-9-13-17(19)20/h1-16H2,(H,19,20)/i18+4. The van der Waals surface area contributed by atoms with E-state index in [1.807, 2.05) is 0 Å². The van der Waals surface area contributed by atoms with Crippen molar-refractivity contribution in [1.82, 2.24) is 0 Å². The SMILES string of the molecule is O=C(O)CCCCCCCC[Te]CCCCCCCC[131I]. The number of carbonyl (C=O) groups is 1. The number of hydrogen-bond acceptors (Lipinski definition) is 1. The van der Waals surface area contributed by atoms with E-state index in [4.69, 9.17) is 5.11 Å². The van der Waals surface area contributed by atoms with Gasteiger partial charge in [0.05, 0.1) is 0 Å². The summed E-state index contributed by atoms with van der Waals surface area (Å²) in [5.41, 5.74) is 0. The van der Waals surface area contributed by atoms with E-state index in [9.17, 15) is 4.79 Å². The third-order valence-electron chi connectivity index (χ3n) is 3.60. The van der Waals surface area contributed by atoms with Gasteiger partial charge in [0.2, 0.25) is 0 Å². The van der Waals surface area contributed by atoms with Gasteiger partial charge in [0.1, 0.15) is 0 Å². The summed E-state index contributed by atoms with van der Waals surface area (Å²) in [5.74, 6) is -0.648. The van der Waals surface area contributed by atoms with Gasteiger partial charge in [0, 0.05) is 0 Å². The predicted molar refractivity (Wildman–Crippen MR) is 102 cm³/mol. The molecule has 0 spiro atoms. The van der Waals surface area contributed by atoms with E-state index < -0.39 is 5.97 Å². The molecule has 0 aromatic carbocycles. The van der Waals surface area contributed by atoms with Gasteiger partial charge >= 0.3 is 156 Å². The van der Waals surface area contributed by atoms with Crippen LogP contribution in [-0.4, -0.2) is 36.4 Å². The molecule has 0 heterocycles. The fourth-order valence-electron chi connectivity index (χ4n) is 2.30. The molecule has 0 bridgehead atoms. The van der Waals surface area contributed by atoms with Crippen LogP contribution in [0.1, 0.15) is 83.5 Å². The summed E-state index contributed by atoms with van der Waals surface area (Å²) < 4.78 is 4.40. The minimum atomic E-state index is -0.648. The number of hydrogen-bond donors (Lipinski definition) is 1. The summed E-state index contributed by atoms with van der Waals surface area (Å²) in [6.07, 6.45) is 16.4. The average Bonchev–Trinajstić information content (AvgIpc) is 2.46. The fraction of sp³-hybridized carbons (Fsp3) is 0.941. The Morgan fingerprint density at radius 3 is 1.62 bits per heavy atom. The number of alkyl halides is 1. The fourth-order valence-corrected chi connectivity index (χ4v) is 5.75. The molecule has 0 rings (SSSR count).